The van der Waals surface area contributed by atoms with Crippen LogP contribution >= 0.6 is 11.3 Å². The highest BCUT2D eigenvalue weighted by Gasteiger charge is 2.53. The molecule has 2 aromatic heterocycles. The Morgan fingerprint density at radius 1 is 1.09 bits per heavy atom. The SMILES string of the molecule is COC(=O)OCOc1c2n(ccc1=O)N(C1c3ccccc3-c3scnc3-c3c1ccc(F)c3F)C1CC3(CCC3)CCN1C2=O. The number of ether oxygens (including phenoxy) is 3. The number of amides is 1. The fourth-order valence-electron chi connectivity index (χ4n) is 7.56. The van der Waals surface area contributed by atoms with Gasteiger partial charge in [-0.1, -0.05) is 36.8 Å². The second kappa shape index (κ2) is 10.6. The van der Waals surface area contributed by atoms with Crippen LogP contribution in [0.3, 0.4) is 0 Å². The summed E-state index contributed by atoms with van der Waals surface area (Å²) in [5, 5.41) is 2.00. The molecule has 4 aromatic rings. The second-order valence-corrected chi connectivity index (χ2v) is 12.9. The number of hydrogen-bond donors (Lipinski definition) is 0. The minimum atomic E-state index is -1.01. The molecule has 4 aliphatic rings. The molecule has 10 nitrogen and oxygen atoms in total. The van der Waals surface area contributed by atoms with Crippen LogP contribution in [0, 0.1) is 17.0 Å². The normalized spacial score (nSPS) is 20.4. The Bertz CT molecular complexity index is 1970. The predicted molar refractivity (Wildman–Crippen MR) is 163 cm³/mol. The number of carbonyl (C=O) groups is 2. The van der Waals surface area contributed by atoms with E-state index in [1.165, 1.54) is 23.6 Å². The molecule has 1 saturated heterocycles. The van der Waals surface area contributed by atoms with Crippen molar-refractivity contribution in [2.24, 2.45) is 5.41 Å². The van der Waals surface area contributed by atoms with Crippen LogP contribution in [0.4, 0.5) is 13.6 Å². The van der Waals surface area contributed by atoms with Crippen molar-refractivity contribution in [3.8, 4) is 27.4 Å². The van der Waals surface area contributed by atoms with E-state index in [4.69, 9.17) is 9.47 Å². The van der Waals surface area contributed by atoms with Crippen LogP contribution in [0.25, 0.3) is 21.7 Å². The number of rotatable bonds is 4. The molecule has 13 heteroatoms. The summed E-state index contributed by atoms with van der Waals surface area (Å²) in [5.41, 5.74) is 3.52. The van der Waals surface area contributed by atoms with Gasteiger partial charge in [-0.05, 0) is 53.9 Å². The molecule has 236 valence electrons. The van der Waals surface area contributed by atoms with Gasteiger partial charge in [0, 0.05) is 24.4 Å². The molecular weight excluding hydrogens is 618 g/mol. The van der Waals surface area contributed by atoms with Gasteiger partial charge >= 0.3 is 6.16 Å². The van der Waals surface area contributed by atoms with E-state index < -0.39 is 48.1 Å². The van der Waals surface area contributed by atoms with Crippen molar-refractivity contribution in [3.05, 3.63) is 92.9 Å². The zero-order valence-electron chi connectivity index (χ0n) is 24.7. The van der Waals surface area contributed by atoms with Gasteiger partial charge in [0.1, 0.15) is 6.17 Å². The zero-order chi connectivity index (χ0) is 31.7. The number of fused-ring (bicyclic) bond motifs is 7. The number of piperidine rings is 1. The fourth-order valence-corrected chi connectivity index (χ4v) is 8.41. The Labute approximate surface area is 265 Å². The molecule has 1 spiro atoms. The lowest BCUT2D eigenvalue weighted by atomic mass is 9.62. The summed E-state index contributed by atoms with van der Waals surface area (Å²) in [7, 11) is 1.14. The standard InChI is InChI=1S/C33H28F2N4O6S/c1-43-32(42)45-17-44-29-22(40)9-13-38-28(29)31(41)37-14-12-33(10-4-11-33)15-23(37)39(38)27-18-5-2-3-6-19(18)30-26(36-16-46-30)24-20(27)7-8-21(34)25(24)35/h2-3,5-9,13,16,23,27H,4,10-12,14-15,17H2,1H3. The first-order valence-corrected chi connectivity index (χ1v) is 15.9. The van der Waals surface area contributed by atoms with Crippen LogP contribution in [0.1, 0.15) is 59.8 Å². The van der Waals surface area contributed by atoms with E-state index in [2.05, 4.69) is 9.72 Å². The highest BCUT2D eigenvalue weighted by atomic mass is 32.1. The van der Waals surface area contributed by atoms with Crippen molar-refractivity contribution in [2.45, 2.75) is 44.3 Å². The van der Waals surface area contributed by atoms with E-state index in [1.807, 2.05) is 29.3 Å². The van der Waals surface area contributed by atoms with E-state index >= 15 is 4.39 Å². The number of benzene rings is 2. The molecule has 4 heterocycles. The minimum Gasteiger partial charge on any atom is -0.451 e. The third-order valence-corrected chi connectivity index (χ3v) is 10.7. The molecule has 8 rings (SSSR count). The van der Waals surface area contributed by atoms with Gasteiger partial charge in [-0.25, -0.2) is 18.6 Å². The molecule has 0 N–H and O–H groups in total. The van der Waals surface area contributed by atoms with E-state index in [0.29, 0.717) is 29.1 Å². The van der Waals surface area contributed by atoms with Crippen LogP contribution in [0.2, 0.25) is 0 Å². The van der Waals surface area contributed by atoms with Gasteiger partial charge in [0.15, 0.2) is 17.3 Å². The van der Waals surface area contributed by atoms with E-state index in [0.717, 1.165) is 50.0 Å². The smallest absolute Gasteiger partial charge is 0.451 e. The number of pyridine rings is 1. The van der Waals surface area contributed by atoms with E-state index in [1.54, 1.807) is 21.2 Å². The van der Waals surface area contributed by atoms with Crippen LogP contribution in [0.5, 0.6) is 5.75 Å². The maximum Gasteiger partial charge on any atom is 0.510 e. The third-order valence-electron chi connectivity index (χ3n) is 9.86. The molecule has 2 fully saturated rings. The van der Waals surface area contributed by atoms with Crippen molar-refractivity contribution in [1.82, 2.24) is 14.6 Å². The molecule has 2 atom stereocenters. The molecule has 2 aliphatic heterocycles. The summed E-state index contributed by atoms with van der Waals surface area (Å²) in [6.07, 6.45) is 4.66. The summed E-state index contributed by atoms with van der Waals surface area (Å²) in [5.74, 6) is -2.70. The maximum atomic E-state index is 16.0. The van der Waals surface area contributed by atoms with Gasteiger partial charge < -0.3 is 19.1 Å². The van der Waals surface area contributed by atoms with Gasteiger partial charge in [0.25, 0.3) is 5.91 Å². The Kier molecular flexibility index (Phi) is 6.64. The predicted octanol–water partition coefficient (Wildman–Crippen LogP) is 5.82. The topological polar surface area (TPSA) is 103 Å². The molecule has 0 bridgehead atoms. The van der Waals surface area contributed by atoms with Crippen molar-refractivity contribution in [1.29, 1.82) is 0 Å². The lowest BCUT2D eigenvalue weighted by molar-refractivity contribution is -0.0175. The number of halogens is 2. The fraction of sp³-hybridized carbons (Fsp3) is 0.333. The van der Waals surface area contributed by atoms with Crippen LogP contribution < -0.4 is 15.2 Å². The Morgan fingerprint density at radius 3 is 2.70 bits per heavy atom. The summed E-state index contributed by atoms with van der Waals surface area (Å²) >= 11 is 1.34. The number of thiazole rings is 1. The van der Waals surface area contributed by atoms with Crippen molar-refractivity contribution >= 4 is 23.4 Å². The number of carbonyl (C=O) groups excluding carboxylic acids is 2. The van der Waals surface area contributed by atoms with Gasteiger partial charge in [-0.2, -0.15) is 0 Å². The van der Waals surface area contributed by atoms with Crippen LogP contribution in [-0.2, 0) is 9.47 Å². The Morgan fingerprint density at radius 2 is 1.91 bits per heavy atom. The maximum absolute atomic E-state index is 16.0. The highest BCUT2D eigenvalue weighted by Crippen LogP contribution is 2.55. The molecule has 2 unspecified atom stereocenters. The first kappa shape index (κ1) is 28.7. The quantitative estimate of drug-likeness (QED) is 0.202. The van der Waals surface area contributed by atoms with Gasteiger partial charge in [-0.3, -0.25) is 19.3 Å². The lowest BCUT2D eigenvalue weighted by Crippen LogP contribution is -2.66. The Balaban J connectivity index is 1.39. The van der Waals surface area contributed by atoms with Crippen LogP contribution in [0.15, 0.2) is 59.0 Å². The van der Waals surface area contributed by atoms with E-state index in [9.17, 15) is 18.8 Å². The largest absolute Gasteiger partial charge is 0.510 e. The summed E-state index contributed by atoms with van der Waals surface area (Å²) < 4.78 is 47.6. The van der Waals surface area contributed by atoms with Crippen molar-refractivity contribution in [2.75, 3.05) is 25.5 Å². The number of hydrogen-bond acceptors (Lipinski definition) is 9. The first-order valence-electron chi connectivity index (χ1n) is 15.0. The summed E-state index contributed by atoms with van der Waals surface area (Å²) in [6.45, 7) is -0.223. The third kappa shape index (κ3) is 4.17. The molecule has 1 saturated carbocycles. The minimum absolute atomic E-state index is 0.0468. The summed E-state index contributed by atoms with van der Waals surface area (Å²) in [6, 6.07) is 10.9. The van der Waals surface area contributed by atoms with Crippen molar-refractivity contribution in [3.63, 3.8) is 0 Å². The van der Waals surface area contributed by atoms with Crippen molar-refractivity contribution < 1.29 is 32.6 Å². The molecule has 0 radical (unpaired) electrons. The molecule has 1 amide bonds. The molecular formula is C33H28F2N4O6S. The average molecular weight is 647 g/mol. The molecule has 46 heavy (non-hydrogen) atoms. The monoisotopic (exact) mass is 646 g/mol. The zero-order valence-corrected chi connectivity index (χ0v) is 25.5. The second-order valence-electron chi connectivity index (χ2n) is 12.1. The molecule has 2 aromatic carbocycles. The number of methoxy groups -OCH3 is 1. The van der Waals surface area contributed by atoms with E-state index in [-0.39, 0.29) is 22.4 Å². The lowest BCUT2D eigenvalue weighted by Gasteiger charge is -2.58. The Hall–Kier alpha value is -4.78. The average Bonchev–Trinajstić information content (AvgIpc) is 3.49. The number of nitrogens with zero attached hydrogens (tertiary/aromatic N) is 4. The van der Waals surface area contributed by atoms with Gasteiger partial charge in [0.2, 0.25) is 18.0 Å². The van der Waals surface area contributed by atoms with Crippen LogP contribution in [-0.4, -0.2) is 53.2 Å². The van der Waals surface area contributed by atoms with Gasteiger partial charge in [0.05, 0.1) is 29.2 Å². The molecule has 2 aliphatic carbocycles. The van der Waals surface area contributed by atoms with Gasteiger partial charge in [-0.15, -0.1) is 11.3 Å². The highest BCUT2D eigenvalue weighted by molar-refractivity contribution is 7.13. The number of aromatic nitrogens is 2. The first-order chi connectivity index (χ1) is 22.3. The summed E-state index contributed by atoms with van der Waals surface area (Å²) in [4.78, 5) is 46.1.